The Kier molecular flexibility index (Phi) is 2.98. The summed E-state index contributed by atoms with van der Waals surface area (Å²) in [5.74, 6) is 0.675. The first-order valence-corrected chi connectivity index (χ1v) is 10.7. The van der Waals surface area contributed by atoms with Crippen LogP contribution in [-0.4, -0.2) is 51.3 Å². The number of nitrogens with one attached hydrogen (secondary N) is 1. The number of rotatable bonds is 2. The molecular weight excluding hydrogens is 356 g/mol. The Morgan fingerprint density at radius 2 is 2.15 bits per heavy atom. The van der Waals surface area contributed by atoms with Gasteiger partial charge in [-0.05, 0) is 38.1 Å². The molecule has 1 aromatic rings. The van der Waals surface area contributed by atoms with Gasteiger partial charge in [0, 0.05) is 23.4 Å². The molecule has 3 heterocycles. The largest absolute Gasteiger partial charge is 0.465 e. The summed E-state index contributed by atoms with van der Waals surface area (Å²) in [4.78, 5) is 14.8. The van der Waals surface area contributed by atoms with E-state index in [-0.39, 0.29) is 28.5 Å². The first-order chi connectivity index (χ1) is 12.2. The minimum absolute atomic E-state index is 0.0183. The highest BCUT2D eigenvalue weighted by molar-refractivity contribution is 7.86. The van der Waals surface area contributed by atoms with E-state index < -0.39 is 16.3 Å². The van der Waals surface area contributed by atoms with Crippen LogP contribution in [0.1, 0.15) is 30.9 Å². The van der Waals surface area contributed by atoms with Crippen LogP contribution in [0.4, 0.5) is 0 Å². The Morgan fingerprint density at radius 3 is 2.88 bits per heavy atom. The summed E-state index contributed by atoms with van der Waals surface area (Å²) in [6.07, 6.45) is 2.65. The molecule has 1 N–H and O–H groups in total. The smallest absolute Gasteiger partial charge is 0.306 e. The monoisotopic (exact) mass is 378 g/mol. The van der Waals surface area contributed by atoms with E-state index >= 15 is 0 Å². The zero-order valence-electron chi connectivity index (χ0n) is 15.0. The van der Waals surface area contributed by atoms with Crippen molar-refractivity contribution in [3.8, 4) is 11.5 Å². The lowest BCUT2D eigenvalue weighted by Crippen LogP contribution is -2.74. The van der Waals surface area contributed by atoms with E-state index in [1.165, 1.54) is 0 Å². The number of carbonyl (C=O) groups is 1. The van der Waals surface area contributed by atoms with Crippen molar-refractivity contribution in [2.45, 2.75) is 43.9 Å². The van der Waals surface area contributed by atoms with Gasteiger partial charge in [0.2, 0.25) is 5.91 Å². The summed E-state index contributed by atoms with van der Waals surface area (Å²) < 4.78 is 34.8. The quantitative estimate of drug-likeness (QED) is 0.765. The highest BCUT2D eigenvalue weighted by Crippen LogP contribution is 2.66. The summed E-state index contributed by atoms with van der Waals surface area (Å²) in [6.45, 7) is 3.09. The van der Waals surface area contributed by atoms with E-state index in [2.05, 4.69) is 24.2 Å². The molecule has 26 heavy (non-hydrogen) atoms. The van der Waals surface area contributed by atoms with E-state index in [0.717, 1.165) is 36.8 Å². The molecule has 1 aliphatic carbocycles. The maximum Gasteiger partial charge on any atom is 0.306 e. The average molecular weight is 378 g/mol. The summed E-state index contributed by atoms with van der Waals surface area (Å²) in [6, 6.07) is 3.87. The Morgan fingerprint density at radius 1 is 1.38 bits per heavy atom. The van der Waals surface area contributed by atoms with E-state index in [0.29, 0.717) is 12.2 Å². The second-order valence-corrected chi connectivity index (χ2v) is 9.87. The molecule has 0 saturated carbocycles. The van der Waals surface area contributed by atoms with Crippen molar-refractivity contribution in [1.82, 2.24) is 10.2 Å². The van der Waals surface area contributed by atoms with Gasteiger partial charge in [0.05, 0.1) is 11.7 Å². The molecule has 2 bridgehead atoms. The number of likely N-dealkylation sites (N-methyl/N-ethyl adjacent to an activating group) is 1. The molecule has 1 aromatic carbocycles. The third-order valence-corrected chi connectivity index (χ3v) is 7.44. The molecule has 7 nitrogen and oxygen atoms in total. The number of benzene rings is 1. The minimum atomic E-state index is -3.67. The summed E-state index contributed by atoms with van der Waals surface area (Å²) in [5, 5.41) is 3.01. The lowest BCUT2D eigenvalue weighted by Gasteiger charge is -2.63. The van der Waals surface area contributed by atoms with Crippen LogP contribution in [0.5, 0.6) is 11.5 Å². The van der Waals surface area contributed by atoms with Crippen LogP contribution < -0.4 is 14.2 Å². The molecule has 140 valence electrons. The van der Waals surface area contributed by atoms with Gasteiger partial charge >= 0.3 is 10.1 Å². The number of nitrogens with zero attached hydrogens (tertiary/aromatic N) is 1. The van der Waals surface area contributed by atoms with Crippen molar-refractivity contribution in [3.05, 3.63) is 23.3 Å². The minimum Gasteiger partial charge on any atom is -0.465 e. The molecule has 8 heteroatoms. The van der Waals surface area contributed by atoms with Crippen LogP contribution in [-0.2, 0) is 26.7 Å². The van der Waals surface area contributed by atoms with Crippen LogP contribution in [0.2, 0.25) is 0 Å². The fraction of sp³-hybridized carbons (Fsp3) is 0.611. The maximum absolute atomic E-state index is 12.5. The zero-order chi connectivity index (χ0) is 18.5. The van der Waals surface area contributed by atoms with Crippen LogP contribution in [0, 0.1) is 5.41 Å². The van der Waals surface area contributed by atoms with Gasteiger partial charge in [0.1, 0.15) is 0 Å². The first-order valence-electron chi connectivity index (χ1n) is 8.88. The topological polar surface area (TPSA) is 84.9 Å². The molecule has 4 aliphatic rings. The standard InChI is InChI=1S/C18H22N2O5S/c1-17-9-13(21)19-16-18(17)6-7-20(2)12(17)8-10-4-5-11(25-26(3,22)23)15(24-16)14(10)18/h4-5,12,16H,6-9H2,1-3H3,(H,19,21)/t12-,16-,17+,18+/m1/s1. The third-order valence-electron chi connectivity index (χ3n) is 6.96. The van der Waals surface area contributed by atoms with Crippen molar-refractivity contribution in [3.63, 3.8) is 0 Å². The van der Waals surface area contributed by atoms with Crippen LogP contribution in [0.3, 0.4) is 0 Å². The second kappa shape index (κ2) is 4.72. The van der Waals surface area contributed by atoms with Crippen molar-refractivity contribution < 1.29 is 22.1 Å². The van der Waals surface area contributed by atoms with Crippen molar-refractivity contribution >= 4 is 16.0 Å². The predicted molar refractivity (Wildman–Crippen MR) is 93.6 cm³/mol. The molecule has 0 radical (unpaired) electrons. The number of likely N-dealkylation sites (tertiary alicyclic amines) is 1. The Hall–Kier alpha value is -1.80. The molecule has 5 rings (SSSR count). The Bertz CT molecular complexity index is 945. The third kappa shape index (κ3) is 1.81. The number of hydrogen-bond donors (Lipinski definition) is 1. The van der Waals surface area contributed by atoms with Gasteiger partial charge in [0.25, 0.3) is 0 Å². The van der Waals surface area contributed by atoms with Gasteiger partial charge in [-0.15, -0.1) is 0 Å². The molecule has 2 fully saturated rings. The lowest BCUT2D eigenvalue weighted by atomic mass is 9.47. The van der Waals surface area contributed by atoms with Crippen LogP contribution in [0.15, 0.2) is 12.1 Å². The van der Waals surface area contributed by atoms with E-state index in [4.69, 9.17) is 8.92 Å². The molecule has 4 atom stereocenters. The maximum atomic E-state index is 12.5. The number of carbonyl (C=O) groups excluding carboxylic acids is 1. The fourth-order valence-electron chi connectivity index (χ4n) is 5.93. The van der Waals surface area contributed by atoms with Crippen molar-refractivity contribution in [2.75, 3.05) is 19.8 Å². The normalized spacial score (nSPS) is 37.6. The van der Waals surface area contributed by atoms with Crippen molar-refractivity contribution in [2.24, 2.45) is 5.41 Å². The predicted octanol–water partition coefficient (Wildman–Crippen LogP) is 0.768. The Labute approximate surface area is 152 Å². The molecule has 0 aromatic heterocycles. The summed E-state index contributed by atoms with van der Waals surface area (Å²) in [7, 11) is -1.56. The zero-order valence-corrected chi connectivity index (χ0v) is 15.9. The van der Waals surface area contributed by atoms with Crippen LogP contribution in [0.25, 0.3) is 0 Å². The average Bonchev–Trinajstić information content (AvgIpc) is 2.84. The van der Waals surface area contributed by atoms with Gasteiger partial charge in [-0.3, -0.25) is 4.79 Å². The summed E-state index contributed by atoms with van der Waals surface area (Å²) >= 11 is 0. The molecule has 2 saturated heterocycles. The fourth-order valence-corrected chi connectivity index (χ4v) is 6.38. The van der Waals surface area contributed by atoms with Crippen molar-refractivity contribution in [1.29, 1.82) is 0 Å². The van der Waals surface area contributed by atoms with E-state index in [1.807, 2.05) is 6.07 Å². The van der Waals surface area contributed by atoms with Gasteiger partial charge in [-0.2, -0.15) is 8.42 Å². The SMILES string of the molecule is CN1CC[C@]23c4c5ccc(OS(C)(=O)=O)c4O[C@H]2NC(=O)C[C@@]3(C)[C@H]1C5. The molecule has 1 amide bonds. The van der Waals surface area contributed by atoms with E-state index in [9.17, 15) is 13.2 Å². The Balaban J connectivity index is 1.78. The lowest BCUT2D eigenvalue weighted by molar-refractivity contribution is -0.153. The van der Waals surface area contributed by atoms with Gasteiger partial charge in [0.15, 0.2) is 17.7 Å². The first kappa shape index (κ1) is 16.4. The molecule has 1 spiro atoms. The van der Waals surface area contributed by atoms with E-state index in [1.54, 1.807) is 6.07 Å². The van der Waals surface area contributed by atoms with Gasteiger partial charge in [-0.1, -0.05) is 13.0 Å². The number of ether oxygens (including phenoxy) is 1. The second-order valence-electron chi connectivity index (χ2n) is 8.30. The number of hydrogen-bond acceptors (Lipinski definition) is 6. The van der Waals surface area contributed by atoms with Gasteiger partial charge in [-0.25, -0.2) is 0 Å². The number of piperidine rings is 2. The van der Waals surface area contributed by atoms with Gasteiger partial charge < -0.3 is 19.1 Å². The molecule has 3 aliphatic heterocycles. The number of amides is 1. The highest BCUT2D eigenvalue weighted by Gasteiger charge is 2.70. The summed E-state index contributed by atoms with van der Waals surface area (Å²) in [5.41, 5.74) is 1.58. The highest BCUT2D eigenvalue weighted by atomic mass is 32.2. The molecule has 0 unspecified atom stereocenters. The molecular formula is C18H22N2O5S. The van der Waals surface area contributed by atoms with Crippen LogP contribution >= 0.6 is 0 Å².